The Labute approximate surface area is 99.9 Å². The molecule has 1 aromatic heterocycles. The lowest BCUT2D eigenvalue weighted by Gasteiger charge is -2.12. The molecule has 1 aromatic rings. The first-order valence-corrected chi connectivity index (χ1v) is 5.53. The summed E-state index contributed by atoms with van der Waals surface area (Å²) >= 11 is 0. The molecule has 5 nitrogen and oxygen atoms in total. The summed E-state index contributed by atoms with van der Waals surface area (Å²) in [5, 5.41) is 11.3. The van der Waals surface area contributed by atoms with Gasteiger partial charge in [-0.05, 0) is 18.6 Å². The highest BCUT2D eigenvalue weighted by Gasteiger charge is 2.19. The molecule has 0 spiro atoms. The molecular weight excluding hydrogens is 220 g/mol. The van der Waals surface area contributed by atoms with E-state index in [4.69, 9.17) is 5.11 Å². The largest absolute Gasteiger partial charge is 0.481 e. The molecule has 2 N–H and O–H groups in total. The second kappa shape index (κ2) is 6.62. The van der Waals surface area contributed by atoms with Gasteiger partial charge in [0.25, 0.3) is 0 Å². The van der Waals surface area contributed by atoms with Gasteiger partial charge in [-0.2, -0.15) is 0 Å². The molecule has 1 amide bonds. The van der Waals surface area contributed by atoms with Crippen LogP contribution in [0.3, 0.4) is 0 Å². The van der Waals surface area contributed by atoms with Crippen molar-refractivity contribution in [1.29, 1.82) is 0 Å². The van der Waals surface area contributed by atoms with Gasteiger partial charge in [0.1, 0.15) is 0 Å². The Hall–Kier alpha value is -1.91. The molecule has 0 saturated carbocycles. The molecular formula is C12H16N2O3. The normalized spacial score (nSPS) is 11.8. The van der Waals surface area contributed by atoms with Gasteiger partial charge in [-0.25, -0.2) is 0 Å². The second-order valence-electron chi connectivity index (χ2n) is 3.74. The number of nitrogens with zero attached hydrogens (tertiary/aromatic N) is 1. The zero-order valence-corrected chi connectivity index (χ0v) is 9.72. The van der Waals surface area contributed by atoms with Crippen molar-refractivity contribution in [2.75, 3.05) is 0 Å². The van der Waals surface area contributed by atoms with Crippen molar-refractivity contribution in [2.24, 2.45) is 5.92 Å². The van der Waals surface area contributed by atoms with Gasteiger partial charge < -0.3 is 10.4 Å². The van der Waals surface area contributed by atoms with Crippen LogP contribution in [0.2, 0.25) is 0 Å². The number of carbonyl (C=O) groups excluding carboxylic acids is 1. The molecule has 0 saturated heterocycles. The van der Waals surface area contributed by atoms with Gasteiger partial charge in [0.2, 0.25) is 5.91 Å². The summed E-state index contributed by atoms with van der Waals surface area (Å²) in [6.07, 6.45) is 2.03. The number of carboxylic acids is 1. The SMILES string of the molecule is CCC(CC(=O)O)C(=O)NCc1ccccn1. The third kappa shape index (κ3) is 4.63. The first-order valence-electron chi connectivity index (χ1n) is 5.53. The Morgan fingerprint density at radius 1 is 1.47 bits per heavy atom. The fourth-order valence-corrected chi connectivity index (χ4v) is 1.46. The van der Waals surface area contributed by atoms with E-state index in [-0.39, 0.29) is 12.3 Å². The van der Waals surface area contributed by atoms with E-state index in [9.17, 15) is 9.59 Å². The van der Waals surface area contributed by atoms with E-state index in [1.807, 2.05) is 6.07 Å². The maximum atomic E-state index is 11.7. The molecule has 0 fully saturated rings. The van der Waals surface area contributed by atoms with Gasteiger partial charge in [0.05, 0.1) is 18.7 Å². The Bertz CT molecular complexity index is 379. The molecule has 1 unspecified atom stereocenters. The fourth-order valence-electron chi connectivity index (χ4n) is 1.46. The average Bonchev–Trinajstić information content (AvgIpc) is 2.34. The lowest BCUT2D eigenvalue weighted by atomic mass is 10.0. The highest BCUT2D eigenvalue weighted by molar-refractivity contribution is 5.83. The lowest BCUT2D eigenvalue weighted by Crippen LogP contribution is -2.31. The Morgan fingerprint density at radius 2 is 2.24 bits per heavy atom. The zero-order valence-electron chi connectivity index (χ0n) is 9.72. The third-order valence-corrected chi connectivity index (χ3v) is 2.45. The van der Waals surface area contributed by atoms with Crippen LogP contribution in [0.15, 0.2) is 24.4 Å². The van der Waals surface area contributed by atoms with Crippen LogP contribution < -0.4 is 5.32 Å². The van der Waals surface area contributed by atoms with Crippen molar-refractivity contribution in [3.05, 3.63) is 30.1 Å². The first kappa shape index (κ1) is 13.2. The van der Waals surface area contributed by atoms with Gasteiger partial charge in [-0.15, -0.1) is 0 Å². The number of rotatable bonds is 6. The molecule has 1 heterocycles. The summed E-state index contributed by atoms with van der Waals surface area (Å²) < 4.78 is 0. The molecule has 0 aliphatic carbocycles. The van der Waals surface area contributed by atoms with Crippen LogP contribution in [0.5, 0.6) is 0 Å². The predicted octanol–water partition coefficient (Wildman–Crippen LogP) is 1.20. The summed E-state index contributed by atoms with van der Waals surface area (Å²) in [5.41, 5.74) is 0.756. The van der Waals surface area contributed by atoms with Gasteiger partial charge in [0.15, 0.2) is 0 Å². The highest BCUT2D eigenvalue weighted by Crippen LogP contribution is 2.08. The number of carboxylic acid groups (broad SMARTS) is 1. The number of pyridine rings is 1. The number of nitrogens with one attached hydrogen (secondary N) is 1. The molecule has 17 heavy (non-hydrogen) atoms. The Kier molecular flexibility index (Phi) is 5.13. The van der Waals surface area contributed by atoms with Crippen molar-refractivity contribution in [3.63, 3.8) is 0 Å². The maximum Gasteiger partial charge on any atom is 0.304 e. The van der Waals surface area contributed by atoms with E-state index >= 15 is 0 Å². The second-order valence-corrected chi connectivity index (χ2v) is 3.74. The number of amides is 1. The first-order chi connectivity index (χ1) is 8.13. The minimum absolute atomic E-state index is 0.134. The minimum atomic E-state index is -0.954. The summed E-state index contributed by atoms with van der Waals surface area (Å²) in [6, 6.07) is 5.44. The van der Waals surface area contributed by atoms with Gasteiger partial charge in [-0.3, -0.25) is 14.6 Å². The Morgan fingerprint density at radius 3 is 2.76 bits per heavy atom. The summed E-state index contributed by atoms with van der Waals surface area (Å²) in [4.78, 5) is 26.3. The predicted molar refractivity (Wildman–Crippen MR) is 62.1 cm³/mol. The van der Waals surface area contributed by atoms with Crippen LogP contribution in [0, 0.1) is 5.92 Å². The van der Waals surface area contributed by atoms with Crippen molar-refractivity contribution in [3.8, 4) is 0 Å². The van der Waals surface area contributed by atoms with Crippen molar-refractivity contribution in [1.82, 2.24) is 10.3 Å². The Balaban J connectivity index is 2.45. The highest BCUT2D eigenvalue weighted by atomic mass is 16.4. The van der Waals surface area contributed by atoms with E-state index in [2.05, 4.69) is 10.3 Å². The topological polar surface area (TPSA) is 79.3 Å². The standard InChI is InChI=1S/C12H16N2O3/c1-2-9(7-11(15)16)12(17)14-8-10-5-3-4-6-13-10/h3-6,9H,2,7-8H2,1H3,(H,14,17)(H,15,16). The number of hydrogen-bond donors (Lipinski definition) is 2. The number of aromatic nitrogens is 1. The van der Waals surface area contributed by atoms with Crippen LogP contribution in [0.25, 0.3) is 0 Å². The zero-order chi connectivity index (χ0) is 12.7. The van der Waals surface area contributed by atoms with Crippen LogP contribution in [-0.4, -0.2) is 22.0 Å². The molecule has 1 atom stereocenters. The van der Waals surface area contributed by atoms with E-state index in [0.29, 0.717) is 13.0 Å². The molecule has 92 valence electrons. The lowest BCUT2D eigenvalue weighted by molar-refractivity contribution is -0.141. The van der Waals surface area contributed by atoms with Crippen LogP contribution in [0.4, 0.5) is 0 Å². The molecule has 5 heteroatoms. The summed E-state index contributed by atoms with van der Waals surface area (Å²) in [6.45, 7) is 2.13. The van der Waals surface area contributed by atoms with E-state index in [1.165, 1.54) is 0 Å². The van der Waals surface area contributed by atoms with Crippen LogP contribution in [0.1, 0.15) is 25.5 Å². The number of aliphatic carboxylic acids is 1. The van der Waals surface area contributed by atoms with E-state index in [0.717, 1.165) is 5.69 Å². The minimum Gasteiger partial charge on any atom is -0.481 e. The number of carbonyl (C=O) groups is 2. The average molecular weight is 236 g/mol. The molecule has 0 aliphatic heterocycles. The quantitative estimate of drug-likeness (QED) is 0.777. The van der Waals surface area contributed by atoms with Gasteiger partial charge >= 0.3 is 5.97 Å². The number of hydrogen-bond acceptors (Lipinski definition) is 3. The van der Waals surface area contributed by atoms with E-state index < -0.39 is 11.9 Å². The molecule has 0 aromatic carbocycles. The summed E-state index contributed by atoms with van der Waals surface area (Å²) in [7, 11) is 0. The third-order valence-electron chi connectivity index (χ3n) is 2.45. The molecule has 0 bridgehead atoms. The summed E-state index contributed by atoms with van der Waals surface area (Å²) in [5.74, 6) is -1.67. The molecule has 0 aliphatic rings. The molecule has 0 radical (unpaired) electrons. The van der Waals surface area contributed by atoms with Gasteiger partial charge in [0, 0.05) is 12.1 Å². The maximum absolute atomic E-state index is 11.7. The monoisotopic (exact) mass is 236 g/mol. The van der Waals surface area contributed by atoms with Crippen molar-refractivity contribution < 1.29 is 14.7 Å². The van der Waals surface area contributed by atoms with Crippen molar-refractivity contribution >= 4 is 11.9 Å². The van der Waals surface area contributed by atoms with Crippen molar-refractivity contribution in [2.45, 2.75) is 26.3 Å². The fraction of sp³-hybridized carbons (Fsp3) is 0.417. The smallest absolute Gasteiger partial charge is 0.304 e. The van der Waals surface area contributed by atoms with Gasteiger partial charge in [-0.1, -0.05) is 13.0 Å². The van der Waals surface area contributed by atoms with Crippen LogP contribution in [-0.2, 0) is 16.1 Å². The van der Waals surface area contributed by atoms with Crippen LogP contribution >= 0.6 is 0 Å². The van der Waals surface area contributed by atoms with E-state index in [1.54, 1.807) is 25.3 Å². The molecule has 1 rings (SSSR count).